The molecule has 113 heavy (non-hydrogen) atoms. The zero-order valence-corrected chi connectivity index (χ0v) is 64.1. The predicted molar refractivity (Wildman–Crippen MR) is 428 cm³/mol. The minimum atomic E-state index is -0.630. The summed E-state index contributed by atoms with van der Waals surface area (Å²) in [5.74, 6) is 5.63. The van der Waals surface area contributed by atoms with E-state index in [0.717, 1.165) is 144 Å². The van der Waals surface area contributed by atoms with Gasteiger partial charge in [0, 0.05) is 61.9 Å². The van der Waals surface area contributed by atoms with Gasteiger partial charge in [-0.05, 0) is 215 Å². The molecule has 29 nitrogen and oxygen atoms in total. The molecule has 0 bridgehead atoms. The van der Waals surface area contributed by atoms with Gasteiger partial charge < -0.3 is 65.8 Å². The van der Waals surface area contributed by atoms with Crippen LogP contribution in [-0.4, -0.2) is 165 Å². The fourth-order valence-corrected chi connectivity index (χ4v) is 13.3. The number of β-amino-alcohol motifs (C(OH)–C–C–N with tert-alkyl or cyclic N) is 1. The lowest BCUT2D eigenvalue weighted by molar-refractivity contribution is -0.138. The molecular weight excluding hydrogens is 1440 g/mol. The van der Waals surface area contributed by atoms with Crippen LogP contribution in [0.4, 0.5) is 27.0 Å². The maximum atomic E-state index is 12.7. The molecule has 5 aliphatic rings. The molecule has 6 aromatic carbocycles. The van der Waals surface area contributed by atoms with Gasteiger partial charge in [0.2, 0.25) is 5.91 Å². The molecule has 0 spiro atoms. The van der Waals surface area contributed by atoms with E-state index in [-0.39, 0.29) is 42.0 Å². The SMILES string of the molecule is CC(C)(C)OC(=O)N1CCCC(n2nc(-c3ccc(Oc4ccccc4)cc3)c3c(N)ncnc32)C1.CC(C)(C)OC(=O)N1CCC[C@H](O)C1.Nc1ncnc2c1c(-c1ccc(Oc3ccccc3)cc1)nn2C1CCCN(C(=O)C2CC2)C1.Nc1ncnc2n[nH]c(-c3ccc(Oc4ccccc4)cc3)c12.O=C(O)C1CC1. The molecule has 12 aromatic rings. The Kier molecular flexibility index (Phi) is 24.3. The summed E-state index contributed by atoms with van der Waals surface area (Å²) in [6.45, 7) is 14.8. The Hall–Kier alpha value is -12.8. The Morgan fingerprint density at radius 3 is 1.20 bits per heavy atom. The van der Waals surface area contributed by atoms with E-state index in [1.54, 1.807) is 9.80 Å². The first-order valence-corrected chi connectivity index (χ1v) is 38.0. The molecule has 29 heteroatoms. The summed E-state index contributed by atoms with van der Waals surface area (Å²) in [6.07, 6.45) is 12.4. The van der Waals surface area contributed by atoms with Gasteiger partial charge in [0.1, 0.15) is 93.5 Å². The standard InChI is InChI=1S/C27H30N6O3.C26H26N6O2.C17H13N5O.C10H19NO3.C4H6O2/c1-27(2,3)36-26(34)32-15-7-8-19(16-32)33-25-22(24(28)29-17-30-25)23(31-33)18-11-13-21(14-12-18)35-20-9-5-4-6-10-20;27-24-22-23(17-10-12-21(13-11-17)34-20-6-2-1-3-7-20)30-32(25(22)29-16-28-24)19-5-4-14-31(15-19)26(33)18-8-9-18;18-16-14-15(21-22-17(14)20-10-19-16)11-6-8-13(9-7-11)23-12-4-2-1-3-5-12;1-10(2,3)14-9(13)11-6-4-5-8(12)7-11;5-4(6)3-1-2-3/h4-6,9-14,17,19H,7-8,15-16H2,1-3H3,(H2,28,29,30);1-3,6-7,10-13,16,18-19H,4-5,8-9,14-15H2,(H2,27,28,29);1-10H,(H3,18,19,20,21,22);8,12H,4-7H2,1-3H3;3H,1-2H2,(H,5,6)/t;;;8-;/m...0./s1. The highest BCUT2D eigenvalue weighted by Crippen LogP contribution is 2.40. The van der Waals surface area contributed by atoms with Crippen molar-refractivity contribution >= 4 is 74.6 Å². The second kappa shape index (κ2) is 35.1. The molecule has 3 aliphatic heterocycles. The number of hydrogen-bond acceptors (Lipinski definition) is 22. The minimum Gasteiger partial charge on any atom is -0.481 e. The van der Waals surface area contributed by atoms with Crippen LogP contribution in [0.25, 0.3) is 66.9 Å². The monoisotopic (exact) mass is 1530 g/mol. The number of nitrogens with one attached hydrogen (secondary N) is 1. The van der Waals surface area contributed by atoms with Crippen molar-refractivity contribution < 1.29 is 53.1 Å². The van der Waals surface area contributed by atoms with E-state index >= 15 is 0 Å². The first-order valence-electron chi connectivity index (χ1n) is 38.0. The number of fused-ring (bicyclic) bond motifs is 3. The molecule has 6 aromatic heterocycles. The van der Waals surface area contributed by atoms with Crippen LogP contribution >= 0.6 is 0 Å². The molecule has 2 unspecified atom stereocenters. The number of nitrogens with zero attached hydrogens (tertiary/aromatic N) is 14. The number of carbonyl (C=O) groups excluding carboxylic acids is 3. The van der Waals surface area contributed by atoms with Gasteiger partial charge in [-0.25, -0.2) is 48.9 Å². The van der Waals surface area contributed by atoms with Crippen molar-refractivity contribution in [1.29, 1.82) is 0 Å². The van der Waals surface area contributed by atoms with Gasteiger partial charge in [0.15, 0.2) is 16.9 Å². The fraction of sp³-hybridized carbons (Fsp3) is 0.345. The number of ether oxygens (including phenoxy) is 5. The first-order chi connectivity index (χ1) is 54.4. The molecule has 9 heterocycles. The third kappa shape index (κ3) is 20.4. The third-order valence-electron chi connectivity index (χ3n) is 19.1. The molecule has 3 atom stereocenters. The molecule has 17 rings (SSSR count). The van der Waals surface area contributed by atoms with Crippen LogP contribution in [0.3, 0.4) is 0 Å². The summed E-state index contributed by atoms with van der Waals surface area (Å²) in [5, 5.41) is 36.6. The van der Waals surface area contributed by atoms with E-state index in [1.165, 1.54) is 19.0 Å². The van der Waals surface area contributed by atoms with E-state index in [4.69, 9.17) is 56.2 Å². The zero-order valence-electron chi connectivity index (χ0n) is 64.1. The highest BCUT2D eigenvalue weighted by molar-refractivity contribution is 6.00. The lowest BCUT2D eigenvalue weighted by Gasteiger charge is -2.34. The maximum Gasteiger partial charge on any atom is 0.410 e. The first kappa shape index (κ1) is 78.3. The van der Waals surface area contributed by atoms with Crippen molar-refractivity contribution in [2.75, 3.05) is 56.5 Å². The van der Waals surface area contributed by atoms with E-state index in [0.29, 0.717) is 78.2 Å². The lowest BCUT2D eigenvalue weighted by Crippen LogP contribution is -2.44. The molecule has 3 saturated heterocycles. The van der Waals surface area contributed by atoms with Gasteiger partial charge in [-0.1, -0.05) is 54.6 Å². The molecular formula is C84H94N18O11. The number of aromatic amines is 1. The quantitative estimate of drug-likeness (QED) is 0.0624. The minimum absolute atomic E-state index is 0.0185. The van der Waals surface area contributed by atoms with E-state index in [2.05, 4.69) is 40.1 Å². The number of hydrogen-bond donors (Lipinski definition) is 6. The van der Waals surface area contributed by atoms with Crippen LogP contribution in [0.2, 0.25) is 0 Å². The average Bonchev–Trinajstić information content (AvgIpc) is 1.62. The highest BCUT2D eigenvalue weighted by atomic mass is 16.6. The van der Waals surface area contributed by atoms with Crippen molar-refractivity contribution in [3.63, 3.8) is 0 Å². The zero-order chi connectivity index (χ0) is 79.3. The number of para-hydroxylation sites is 3. The number of carboxylic acid groups (broad SMARTS) is 1. The van der Waals surface area contributed by atoms with Gasteiger partial charge >= 0.3 is 18.2 Å². The number of likely N-dealkylation sites (tertiary alicyclic amines) is 3. The summed E-state index contributed by atoms with van der Waals surface area (Å²) in [7, 11) is 0. The van der Waals surface area contributed by atoms with Crippen molar-refractivity contribution in [3.8, 4) is 68.3 Å². The number of aliphatic hydroxyl groups excluding tert-OH is 1. The number of benzene rings is 6. The van der Waals surface area contributed by atoms with Gasteiger partial charge in [-0.2, -0.15) is 15.3 Å². The number of piperidine rings is 3. The van der Waals surface area contributed by atoms with Gasteiger partial charge in [0.25, 0.3) is 0 Å². The number of carboxylic acids is 1. The van der Waals surface area contributed by atoms with Crippen LogP contribution < -0.4 is 31.4 Å². The number of aromatic nitrogens is 12. The summed E-state index contributed by atoms with van der Waals surface area (Å²) in [6, 6.07) is 52.1. The van der Waals surface area contributed by atoms with E-state index in [9.17, 15) is 24.3 Å². The molecule has 3 amide bonds. The Balaban J connectivity index is 0.000000134. The largest absolute Gasteiger partial charge is 0.481 e. The second-order valence-electron chi connectivity index (χ2n) is 30.3. The van der Waals surface area contributed by atoms with Crippen molar-refractivity contribution in [2.24, 2.45) is 11.8 Å². The third-order valence-corrected chi connectivity index (χ3v) is 19.1. The second-order valence-corrected chi connectivity index (χ2v) is 30.3. The Bertz CT molecular complexity index is 5220. The van der Waals surface area contributed by atoms with Crippen LogP contribution in [0.15, 0.2) is 183 Å². The number of H-pyrrole nitrogens is 1. The van der Waals surface area contributed by atoms with Crippen LogP contribution in [0.5, 0.6) is 34.5 Å². The molecule has 5 fully saturated rings. The number of anilines is 3. The summed E-state index contributed by atoms with van der Waals surface area (Å²) in [5.41, 5.74) is 24.4. The molecule has 586 valence electrons. The van der Waals surface area contributed by atoms with Crippen LogP contribution in [0, 0.1) is 11.8 Å². The normalized spacial score (nSPS) is 16.8. The van der Waals surface area contributed by atoms with Gasteiger partial charge in [-0.15, -0.1) is 0 Å². The van der Waals surface area contributed by atoms with Crippen molar-refractivity contribution in [1.82, 2.24) is 74.4 Å². The predicted octanol–water partition coefficient (Wildman–Crippen LogP) is 15.1. The number of amides is 3. The fourth-order valence-electron chi connectivity index (χ4n) is 13.3. The topological polar surface area (TPSA) is 384 Å². The maximum absolute atomic E-state index is 12.7. The summed E-state index contributed by atoms with van der Waals surface area (Å²) >= 11 is 0. The molecule has 0 radical (unpaired) electrons. The molecule has 2 saturated carbocycles. The molecule has 2 aliphatic carbocycles. The van der Waals surface area contributed by atoms with Gasteiger partial charge in [0.05, 0.1) is 46.0 Å². The van der Waals surface area contributed by atoms with E-state index < -0.39 is 23.3 Å². The molecule has 9 N–H and O–H groups in total. The number of aliphatic carboxylic acids is 1. The number of nitrogens with two attached hydrogens (primary N) is 3. The Morgan fingerprint density at radius 2 is 0.805 bits per heavy atom. The van der Waals surface area contributed by atoms with Crippen LogP contribution in [0.1, 0.15) is 118 Å². The average molecular weight is 1530 g/mol. The van der Waals surface area contributed by atoms with E-state index in [1.807, 2.05) is 220 Å². The summed E-state index contributed by atoms with van der Waals surface area (Å²) in [4.78, 5) is 77.6. The van der Waals surface area contributed by atoms with Crippen molar-refractivity contribution in [2.45, 2.75) is 135 Å². The Labute approximate surface area is 653 Å². The number of nitrogen functional groups attached to an aromatic ring is 3. The smallest absolute Gasteiger partial charge is 0.410 e. The van der Waals surface area contributed by atoms with Gasteiger partial charge in [-0.3, -0.25) is 14.7 Å². The number of aliphatic hydroxyl groups is 1. The Morgan fingerprint density at radius 1 is 0.434 bits per heavy atom. The van der Waals surface area contributed by atoms with Crippen LogP contribution in [-0.2, 0) is 19.1 Å². The highest BCUT2D eigenvalue weighted by Gasteiger charge is 2.38. The summed E-state index contributed by atoms with van der Waals surface area (Å²) < 4.78 is 32.3. The van der Waals surface area contributed by atoms with Crippen molar-refractivity contribution in [3.05, 3.63) is 183 Å². The lowest BCUT2D eigenvalue weighted by atomic mass is 10.1. The number of carbonyl (C=O) groups is 4. The number of rotatable bonds is 13.